The number of benzene rings is 1. The third-order valence-electron chi connectivity index (χ3n) is 5.07. The third-order valence-corrected chi connectivity index (χ3v) is 5.07. The van der Waals surface area contributed by atoms with Crippen LogP contribution in [0.25, 0.3) is 0 Å². The van der Waals surface area contributed by atoms with E-state index < -0.39 is 0 Å². The van der Waals surface area contributed by atoms with Crippen LogP contribution in [-0.2, 0) is 4.79 Å². The molecule has 1 aliphatic heterocycles. The summed E-state index contributed by atoms with van der Waals surface area (Å²) in [6.45, 7) is 8.91. The molecule has 0 unspecified atom stereocenters. The van der Waals surface area contributed by atoms with Gasteiger partial charge >= 0.3 is 0 Å². The highest BCUT2D eigenvalue weighted by atomic mass is 16.2. The lowest BCUT2D eigenvalue weighted by atomic mass is 10.2. The van der Waals surface area contributed by atoms with Gasteiger partial charge < -0.3 is 14.7 Å². The summed E-state index contributed by atoms with van der Waals surface area (Å²) in [7, 11) is 1.67. The predicted octanol–water partition coefficient (Wildman–Crippen LogP) is 2.33. The summed E-state index contributed by atoms with van der Waals surface area (Å²) in [4.78, 5) is 39.8. The number of likely N-dealkylation sites (N-methyl/N-ethyl adjacent to an activating group) is 1. The Morgan fingerprint density at radius 1 is 1.07 bits per heavy atom. The minimum Gasteiger partial charge on any atom is -0.353 e. The van der Waals surface area contributed by atoms with Gasteiger partial charge in [-0.2, -0.15) is 0 Å². The SMILES string of the molecule is Cc1cc(N2CCN(C(=O)CN(C)C(=O)c3ccccc3)CC2)nc(C(C)C)n1. The van der Waals surface area contributed by atoms with Crippen LogP contribution < -0.4 is 4.90 Å². The number of anilines is 1. The Hall–Kier alpha value is -2.96. The molecule has 2 amide bonds. The van der Waals surface area contributed by atoms with Gasteiger partial charge in [-0.3, -0.25) is 9.59 Å². The van der Waals surface area contributed by atoms with Crippen molar-refractivity contribution in [2.45, 2.75) is 26.7 Å². The van der Waals surface area contributed by atoms with E-state index in [0.29, 0.717) is 18.7 Å². The zero-order valence-electron chi connectivity index (χ0n) is 17.6. The minimum absolute atomic E-state index is 0.0295. The fourth-order valence-electron chi connectivity index (χ4n) is 3.36. The molecule has 154 valence electrons. The summed E-state index contributed by atoms with van der Waals surface area (Å²) in [6.07, 6.45) is 0. The lowest BCUT2D eigenvalue weighted by molar-refractivity contribution is -0.131. The molecule has 1 aromatic carbocycles. The Bertz CT molecular complexity index is 861. The number of carbonyl (C=O) groups excluding carboxylic acids is 2. The van der Waals surface area contributed by atoms with Gasteiger partial charge in [0.15, 0.2) is 0 Å². The van der Waals surface area contributed by atoms with Gasteiger partial charge in [-0.05, 0) is 19.1 Å². The first kappa shape index (κ1) is 20.8. The average Bonchev–Trinajstić information content (AvgIpc) is 2.73. The Morgan fingerprint density at radius 2 is 1.72 bits per heavy atom. The molecule has 29 heavy (non-hydrogen) atoms. The maximum atomic E-state index is 12.7. The molecule has 7 nitrogen and oxygen atoms in total. The van der Waals surface area contributed by atoms with Crippen LogP contribution in [0, 0.1) is 6.92 Å². The predicted molar refractivity (Wildman–Crippen MR) is 113 cm³/mol. The quantitative estimate of drug-likeness (QED) is 0.777. The highest BCUT2D eigenvalue weighted by Crippen LogP contribution is 2.19. The zero-order chi connectivity index (χ0) is 21.0. The van der Waals surface area contributed by atoms with Gasteiger partial charge in [0.25, 0.3) is 5.91 Å². The Morgan fingerprint density at radius 3 is 2.34 bits per heavy atom. The second-order valence-corrected chi connectivity index (χ2v) is 7.78. The van der Waals surface area contributed by atoms with Gasteiger partial charge in [0.2, 0.25) is 5.91 Å². The van der Waals surface area contributed by atoms with Gasteiger partial charge in [0.05, 0.1) is 6.54 Å². The minimum atomic E-state index is -0.143. The topological polar surface area (TPSA) is 69.6 Å². The van der Waals surface area contributed by atoms with Crippen molar-refractivity contribution < 1.29 is 9.59 Å². The first-order valence-electron chi connectivity index (χ1n) is 10.0. The van der Waals surface area contributed by atoms with Crippen LogP contribution in [0.5, 0.6) is 0 Å². The maximum absolute atomic E-state index is 12.7. The number of hydrogen-bond acceptors (Lipinski definition) is 5. The summed E-state index contributed by atoms with van der Waals surface area (Å²) in [6, 6.07) is 11.0. The molecule has 0 radical (unpaired) electrons. The Balaban J connectivity index is 1.56. The monoisotopic (exact) mass is 395 g/mol. The summed E-state index contributed by atoms with van der Waals surface area (Å²) in [5, 5.41) is 0. The van der Waals surface area contributed by atoms with Crippen molar-refractivity contribution in [1.82, 2.24) is 19.8 Å². The van der Waals surface area contributed by atoms with Crippen LogP contribution in [0.3, 0.4) is 0 Å². The number of aryl methyl sites for hydroxylation is 1. The van der Waals surface area contributed by atoms with E-state index in [1.165, 1.54) is 4.90 Å². The second-order valence-electron chi connectivity index (χ2n) is 7.78. The highest BCUT2D eigenvalue weighted by molar-refractivity contribution is 5.96. The largest absolute Gasteiger partial charge is 0.353 e. The van der Waals surface area contributed by atoms with Gasteiger partial charge in [0.1, 0.15) is 11.6 Å². The molecular formula is C22H29N5O2. The van der Waals surface area contributed by atoms with Crippen molar-refractivity contribution in [1.29, 1.82) is 0 Å². The van der Waals surface area contributed by atoms with Crippen molar-refractivity contribution in [3.05, 3.63) is 53.5 Å². The fourth-order valence-corrected chi connectivity index (χ4v) is 3.36. The number of rotatable bonds is 5. The molecule has 0 spiro atoms. The van der Waals surface area contributed by atoms with E-state index >= 15 is 0 Å². The molecule has 0 saturated carbocycles. The molecule has 1 fully saturated rings. The van der Waals surface area contributed by atoms with Crippen LogP contribution in [-0.4, -0.2) is 71.4 Å². The van der Waals surface area contributed by atoms with E-state index in [-0.39, 0.29) is 24.3 Å². The van der Waals surface area contributed by atoms with Gasteiger partial charge in [-0.25, -0.2) is 9.97 Å². The van der Waals surface area contributed by atoms with E-state index in [9.17, 15) is 9.59 Å². The molecule has 2 heterocycles. The second kappa shape index (κ2) is 9.03. The van der Waals surface area contributed by atoms with Crippen molar-refractivity contribution >= 4 is 17.6 Å². The number of aromatic nitrogens is 2. The Labute approximate surface area is 172 Å². The Kier molecular flexibility index (Phi) is 6.46. The number of carbonyl (C=O) groups is 2. The van der Waals surface area contributed by atoms with E-state index in [2.05, 4.69) is 23.7 Å². The number of hydrogen-bond donors (Lipinski definition) is 0. The van der Waals surface area contributed by atoms with Crippen LogP contribution >= 0.6 is 0 Å². The van der Waals surface area contributed by atoms with Crippen LogP contribution in [0.4, 0.5) is 5.82 Å². The molecule has 0 N–H and O–H groups in total. The molecule has 1 aromatic heterocycles. The molecule has 1 saturated heterocycles. The van der Waals surface area contributed by atoms with E-state index in [0.717, 1.165) is 30.4 Å². The smallest absolute Gasteiger partial charge is 0.254 e. The first-order valence-corrected chi connectivity index (χ1v) is 10.0. The van der Waals surface area contributed by atoms with E-state index in [1.54, 1.807) is 19.2 Å². The molecule has 0 atom stereocenters. The molecular weight excluding hydrogens is 366 g/mol. The molecule has 0 aliphatic carbocycles. The number of piperazine rings is 1. The van der Waals surface area contributed by atoms with Gasteiger partial charge in [-0.15, -0.1) is 0 Å². The molecule has 7 heteroatoms. The van der Waals surface area contributed by atoms with Crippen LogP contribution in [0.15, 0.2) is 36.4 Å². The van der Waals surface area contributed by atoms with Crippen LogP contribution in [0.1, 0.15) is 41.6 Å². The third kappa shape index (κ3) is 5.10. The van der Waals surface area contributed by atoms with Crippen molar-refractivity contribution in [2.24, 2.45) is 0 Å². The summed E-state index contributed by atoms with van der Waals surface area (Å²) in [5.41, 5.74) is 1.55. The van der Waals surface area contributed by atoms with Crippen molar-refractivity contribution in [2.75, 3.05) is 44.7 Å². The van der Waals surface area contributed by atoms with Crippen LogP contribution in [0.2, 0.25) is 0 Å². The summed E-state index contributed by atoms with van der Waals surface area (Å²) < 4.78 is 0. The average molecular weight is 396 g/mol. The van der Waals surface area contributed by atoms with Crippen molar-refractivity contribution in [3.8, 4) is 0 Å². The zero-order valence-corrected chi connectivity index (χ0v) is 17.6. The molecule has 3 rings (SSSR count). The highest BCUT2D eigenvalue weighted by Gasteiger charge is 2.24. The normalized spacial score (nSPS) is 14.2. The van der Waals surface area contributed by atoms with E-state index in [1.807, 2.05) is 36.1 Å². The summed E-state index contributed by atoms with van der Waals surface area (Å²) >= 11 is 0. The van der Waals surface area contributed by atoms with Gasteiger partial charge in [-0.1, -0.05) is 32.0 Å². The first-order chi connectivity index (χ1) is 13.8. The summed E-state index contributed by atoms with van der Waals surface area (Å²) in [5.74, 6) is 1.87. The number of amides is 2. The number of nitrogens with zero attached hydrogens (tertiary/aromatic N) is 5. The van der Waals surface area contributed by atoms with Gasteiger partial charge in [0, 0.05) is 56.5 Å². The lowest BCUT2D eigenvalue weighted by Crippen LogP contribution is -2.51. The maximum Gasteiger partial charge on any atom is 0.254 e. The molecule has 0 bridgehead atoms. The molecule has 2 aromatic rings. The fraction of sp³-hybridized carbons (Fsp3) is 0.455. The lowest BCUT2D eigenvalue weighted by Gasteiger charge is -2.36. The van der Waals surface area contributed by atoms with Crippen molar-refractivity contribution in [3.63, 3.8) is 0 Å². The standard InChI is InChI=1S/C22H29N5O2/c1-16(2)21-23-17(3)14-19(24-21)26-10-12-27(13-11-26)20(28)15-25(4)22(29)18-8-6-5-7-9-18/h5-9,14,16H,10-13,15H2,1-4H3. The molecule has 1 aliphatic rings. The van der Waals surface area contributed by atoms with E-state index in [4.69, 9.17) is 4.98 Å².